The largest absolute Gasteiger partial charge is 0.378 e. The number of likely N-dealkylation sites (N-methyl/N-ethyl adjacent to an activating group) is 2. The van der Waals surface area contributed by atoms with E-state index in [1.54, 1.807) is 0 Å². The van der Waals surface area contributed by atoms with Crippen molar-refractivity contribution < 1.29 is 9.53 Å². The predicted octanol–water partition coefficient (Wildman–Crippen LogP) is -0.615. The highest BCUT2D eigenvalue weighted by molar-refractivity contribution is 5.83. The minimum atomic E-state index is 0.0155. The molecule has 1 fully saturated rings. The zero-order valence-electron chi connectivity index (χ0n) is 10.5. The van der Waals surface area contributed by atoms with Crippen LogP contribution >= 0.6 is 0 Å². The number of hydrogen-bond acceptors (Lipinski definition) is 4. The molecule has 5 heteroatoms. The highest BCUT2D eigenvalue weighted by atomic mass is 16.5. The van der Waals surface area contributed by atoms with E-state index in [0.717, 1.165) is 26.1 Å². The van der Waals surface area contributed by atoms with Gasteiger partial charge in [0.1, 0.15) is 0 Å². The van der Waals surface area contributed by atoms with Crippen molar-refractivity contribution in [2.24, 2.45) is 0 Å². The molecule has 1 atom stereocenters. The SMILES string of the molecule is CNC1CCN(CCOCCN(C)C)C1=O. The Morgan fingerprint density at radius 1 is 1.50 bits per heavy atom. The van der Waals surface area contributed by atoms with E-state index < -0.39 is 0 Å². The van der Waals surface area contributed by atoms with Gasteiger partial charge in [0.2, 0.25) is 5.91 Å². The number of likely N-dealkylation sites (tertiary alicyclic amines) is 1. The number of nitrogens with one attached hydrogen (secondary N) is 1. The molecule has 1 amide bonds. The molecule has 0 aromatic carbocycles. The molecule has 5 nitrogen and oxygen atoms in total. The maximum atomic E-state index is 11.7. The summed E-state index contributed by atoms with van der Waals surface area (Å²) in [6.45, 7) is 3.85. The number of carbonyl (C=O) groups is 1. The van der Waals surface area contributed by atoms with E-state index in [0.29, 0.717) is 13.2 Å². The van der Waals surface area contributed by atoms with E-state index in [2.05, 4.69) is 10.2 Å². The first-order chi connectivity index (χ1) is 7.65. The molecule has 0 aliphatic carbocycles. The zero-order valence-corrected chi connectivity index (χ0v) is 10.5. The molecule has 1 saturated heterocycles. The lowest BCUT2D eigenvalue weighted by atomic mass is 10.3. The summed E-state index contributed by atoms with van der Waals surface area (Å²) in [5.74, 6) is 0.207. The highest BCUT2D eigenvalue weighted by Gasteiger charge is 2.29. The molecule has 1 heterocycles. The standard InChI is InChI=1S/C11H23N3O2/c1-12-10-4-5-14(11(10)15)7-9-16-8-6-13(2)3/h10,12H,4-9H2,1-3H3. The Kier molecular flexibility index (Phi) is 5.73. The summed E-state index contributed by atoms with van der Waals surface area (Å²) in [6.07, 6.45) is 0.910. The molecule has 1 aliphatic heterocycles. The fourth-order valence-corrected chi connectivity index (χ4v) is 1.75. The topological polar surface area (TPSA) is 44.8 Å². The van der Waals surface area contributed by atoms with Crippen LogP contribution in [0.1, 0.15) is 6.42 Å². The van der Waals surface area contributed by atoms with Crippen LogP contribution in [0.3, 0.4) is 0 Å². The first-order valence-corrected chi connectivity index (χ1v) is 5.83. The van der Waals surface area contributed by atoms with Crippen LogP contribution in [-0.2, 0) is 9.53 Å². The number of rotatable bonds is 7. The quantitative estimate of drug-likeness (QED) is 0.591. The van der Waals surface area contributed by atoms with E-state index in [-0.39, 0.29) is 11.9 Å². The van der Waals surface area contributed by atoms with Gasteiger partial charge in [0.25, 0.3) is 0 Å². The van der Waals surface area contributed by atoms with Crippen LogP contribution in [-0.4, -0.2) is 75.7 Å². The second kappa shape index (κ2) is 6.83. The molecular formula is C11H23N3O2. The minimum absolute atomic E-state index is 0.0155. The highest BCUT2D eigenvalue weighted by Crippen LogP contribution is 2.09. The van der Waals surface area contributed by atoms with Crippen molar-refractivity contribution >= 4 is 5.91 Å². The van der Waals surface area contributed by atoms with Gasteiger partial charge in [0.05, 0.1) is 19.3 Å². The molecule has 0 bridgehead atoms. The molecule has 1 aliphatic rings. The van der Waals surface area contributed by atoms with Gasteiger partial charge in [-0.1, -0.05) is 0 Å². The molecule has 0 saturated carbocycles. The Morgan fingerprint density at radius 3 is 2.81 bits per heavy atom. The molecule has 0 spiro atoms. The molecular weight excluding hydrogens is 206 g/mol. The van der Waals surface area contributed by atoms with Crippen LogP contribution in [0.4, 0.5) is 0 Å². The summed E-state index contributed by atoms with van der Waals surface area (Å²) >= 11 is 0. The zero-order chi connectivity index (χ0) is 12.0. The van der Waals surface area contributed by atoms with Crippen molar-refractivity contribution in [3.63, 3.8) is 0 Å². The van der Waals surface area contributed by atoms with E-state index in [9.17, 15) is 4.79 Å². The predicted molar refractivity (Wildman–Crippen MR) is 63.4 cm³/mol. The van der Waals surface area contributed by atoms with Crippen LogP contribution in [0.5, 0.6) is 0 Å². The summed E-state index contributed by atoms with van der Waals surface area (Å²) in [6, 6.07) is 0.0155. The Morgan fingerprint density at radius 2 is 2.25 bits per heavy atom. The van der Waals surface area contributed by atoms with Crippen molar-refractivity contribution in [3.8, 4) is 0 Å². The Balaban J connectivity index is 2.08. The van der Waals surface area contributed by atoms with Gasteiger partial charge in [-0.15, -0.1) is 0 Å². The maximum Gasteiger partial charge on any atom is 0.239 e. The van der Waals surface area contributed by atoms with Crippen molar-refractivity contribution in [1.29, 1.82) is 0 Å². The Bertz CT molecular complexity index is 221. The van der Waals surface area contributed by atoms with Gasteiger partial charge in [0.15, 0.2) is 0 Å². The monoisotopic (exact) mass is 229 g/mol. The van der Waals surface area contributed by atoms with Crippen LogP contribution in [0.25, 0.3) is 0 Å². The average Bonchev–Trinajstić information content (AvgIpc) is 2.59. The van der Waals surface area contributed by atoms with Gasteiger partial charge < -0.3 is 19.9 Å². The second-order valence-corrected chi connectivity index (χ2v) is 4.37. The van der Waals surface area contributed by atoms with E-state index in [1.807, 2.05) is 26.0 Å². The number of hydrogen-bond donors (Lipinski definition) is 1. The van der Waals surface area contributed by atoms with Gasteiger partial charge in [0, 0.05) is 19.6 Å². The summed E-state index contributed by atoms with van der Waals surface area (Å²) < 4.78 is 5.47. The molecule has 94 valence electrons. The number of ether oxygens (including phenoxy) is 1. The van der Waals surface area contributed by atoms with Gasteiger partial charge in [-0.05, 0) is 27.6 Å². The molecule has 0 aromatic rings. The number of amides is 1. The third-order valence-electron chi connectivity index (χ3n) is 2.83. The smallest absolute Gasteiger partial charge is 0.239 e. The van der Waals surface area contributed by atoms with E-state index in [4.69, 9.17) is 4.74 Å². The number of nitrogens with zero attached hydrogens (tertiary/aromatic N) is 2. The molecule has 1 rings (SSSR count). The van der Waals surface area contributed by atoms with Crippen molar-refractivity contribution in [1.82, 2.24) is 15.1 Å². The third kappa shape index (κ3) is 4.08. The average molecular weight is 229 g/mol. The first kappa shape index (κ1) is 13.4. The Hall–Kier alpha value is -0.650. The molecule has 0 radical (unpaired) electrons. The fraction of sp³-hybridized carbons (Fsp3) is 0.909. The van der Waals surface area contributed by atoms with Crippen LogP contribution in [0.15, 0.2) is 0 Å². The normalized spacial score (nSPS) is 21.1. The minimum Gasteiger partial charge on any atom is -0.378 e. The first-order valence-electron chi connectivity index (χ1n) is 5.83. The summed E-state index contributed by atoms with van der Waals surface area (Å²) in [5, 5.41) is 3.02. The Labute approximate surface area is 97.7 Å². The van der Waals surface area contributed by atoms with Gasteiger partial charge in [-0.2, -0.15) is 0 Å². The second-order valence-electron chi connectivity index (χ2n) is 4.37. The lowest BCUT2D eigenvalue weighted by Gasteiger charge is -2.17. The lowest BCUT2D eigenvalue weighted by molar-refractivity contribution is -0.129. The van der Waals surface area contributed by atoms with Crippen molar-refractivity contribution in [2.75, 3.05) is 54.0 Å². The van der Waals surface area contributed by atoms with Gasteiger partial charge in [-0.3, -0.25) is 4.79 Å². The van der Waals surface area contributed by atoms with Crippen molar-refractivity contribution in [3.05, 3.63) is 0 Å². The van der Waals surface area contributed by atoms with Gasteiger partial charge >= 0.3 is 0 Å². The van der Waals surface area contributed by atoms with Crippen LogP contribution < -0.4 is 5.32 Å². The molecule has 16 heavy (non-hydrogen) atoms. The van der Waals surface area contributed by atoms with Gasteiger partial charge in [-0.25, -0.2) is 0 Å². The number of carbonyl (C=O) groups excluding carboxylic acids is 1. The summed E-state index contributed by atoms with van der Waals surface area (Å²) in [5.41, 5.74) is 0. The summed E-state index contributed by atoms with van der Waals surface area (Å²) in [4.78, 5) is 15.7. The molecule has 1 unspecified atom stereocenters. The maximum absolute atomic E-state index is 11.7. The van der Waals surface area contributed by atoms with E-state index in [1.165, 1.54) is 0 Å². The lowest BCUT2D eigenvalue weighted by Crippen LogP contribution is -2.37. The van der Waals surface area contributed by atoms with Crippen molar-refractivity contribution in [2.45, 2.75) is 12.5 Å². The van der Waals surface area contributed by atoms with Crippen LogP contribution in [0.2, 0.25) is 0 Å². The molecule has 1 N–H and O–H groups in total. The van der Waals surface area contributed by atoms with Crippen LogP contribution in [0, 0.1) is 0 Å². The third-order valence-corrected chi connectivity index (χ3v) is 2.83. The summed E-state index contributed by atoms with van der Waals surface area (Å²) in [7, 11) is 5.87. The molecule has 0 aromatic heterocycles. The van der Waals surface area contributed by atoms with E-state index >= 15 is 0 Å². The fourth-order valence-electron chi connectivity index (χ4n) is 1.75.